The number of hydrogen-bond donors (Lipinski definition) is 1. The number of oxazole rings is 1. The first-order valence-electron chi connectivity index (χ1n) is 9.63. The van der Waals surface area contributed by atoms with Crippen molar-refractivity contribution in [2.24, 2.45) is 0 Å². The summed E-state index contributed by atoms with van der Waals surface area (Å²) in [6.45, 7) is 6.88. The topological polar surface area (TPSA) is 64.4 Å². The van der Waals surface area contributed by atoms with E-state index < -0.39 is 0 Å². The number of aryl methyl sites for hydroxylation is 1. The smallest absolute Gasteiger partial charge is 0.224 e. The van der Waals surface area contributed by atoms with Gasteiger partial charge in [-0.3, -0.25) is 4.79 Å². The quantitative estimate of drug-likeness (QED) is 0.567. The van der Waals surface area contributed by atoms with Gasteiger partial charge in [0.25, 0.3) is 0 Å². The number of rotatable bonds is 8. The van der Waals surface area contributed by atoms with Gasteiger partial charge in [0.2, 0.25) is 5.91 Å². The summed E-state index contributed by atoms with van der Waals surface area (Å²) >= 11 is 0. The molecule has 0 fully saturated rings. The Labute approximate surface area is 165 Å². The van der Waals surface area contributed by atoms with Crippen LogP contribution in [0.2, 0.25) is 0 Å². The minimum atomic E-state index is -0.0573. The molecule has 0 radical (unpaired) electrons. The summed E-state index contributed by atoms with van der Waals surface area (Å²) in [5.74, 6) is 2.47. The Morgan fingerprint density at radius 2 is 1.82 bits per heavy atom. The monoisotopic (exact) mass is 378 g/mol. The molecule has 0 bridgehead atoms. The van der Waals surface area contributed by atoms with Crippen LogP contribution in [0, 0.1) is 0 Å². The molecule has 0 spiro atoms. The van der Waals surface area contributed by atoms with Gasteiger partial charge in [0, 0.05) is 24.1 Å². The maximum absolute atomic E-state index is 12.2. The second kappa shape index (κ2) is 9.22. The van der Waals surface area contributed by atoms with Gasteiger partial charge < -0.3 is 14.5 Å². The number of amides is 1. The van der Waals surface area contributed by atoms with E-state index in [1.807, 2.05) is 55.5 Å². The fourth-order valence-corrected chi connectivity index (χ4v) is 2.84. The molecule has 3 rings (SSSR count). The number of nitrogens with one attached hydrogen (secondary N) is 1. The van der Waals surface area contributed by atoms with Crippen molar-refractivity contribution in [1.82, 2.24) is 4.98 Å². The van der Waals surface area contributed by atoms with Gasteiger partial charge in [-0.1, -0.05) is 26.0 Å². The van der Waals surface area contributed by atoms with Gasteiger partial charge in [-0.2, -0.15) is 0 Å². The zero-order chi connectivity index (χ0) is 19.9. The lowest BCUT2D eigenvalue weighted by atomic mass is 10.0. The lowest BCUT2D eigenvalue weighted by Gasteiger charge is -2.08. The number of nitrogens with zero attached hydrogens (tertiary/aromatic N) is 1. The largest absolute Gasteiger partial charge is 0.494 e. The molecule has 2 aromatic carbocycles. The molecule has 0 atom stereocenters. The maximum Gasteiger partial charge on any atom is 0.224 e. The Hall–Kier alpha value is -3.08. The summed E-state index contributed by atoms with van der Waals surface area (Å²) in [5, 5.41) is 2.91. The van der Waals surface area contributed by atoms with Crippen molar-refractivity contribution in [3.63, 3.8) is 0 Å². The van der Waals surface area contributed by atoms with Crippen molar-refractivity contribution in [3.05, 3.63) is 66.2 Å². The number of carbonyl (C=O) groups is 1. The Morgan fingerprint density at radius 1 is 1.11 bits per heavy atom. The standard InChI is InChI=1S/C23H26N2O3/c1-4-27-20-11-7-18(8-12-20)21-15-24-23(28-21)14-13-22(26)25-19-9-5-17(6-10-19)16(2)3/h5-12,15-16H,4,13-14H2,1-3H3,(H,25,26). The van der Waals surface area contributed by atoms with Crippen molar-refractivity contribution in [1.29, 1.82) is 0 Å². The molecule has 146 valence electrons. The zero-order valence-corrected chi connectivity index (χ0v) is 16.6. The maximum atomic E-state index is 12.2. The van der Waals surface area contributed by atoms with E-state index in [4.69, 9.17) is 9.15 Å². The summed E-state index contributed by atoms with van der Waals surface area (Å²) in [6.07, 6.45) is 2.45. The van der Waals surface area contributed by atoms with E-state index >= 15 is 0 Å². The number of anilines is 1. The molecule has 0 unspecified atom stereocenters. The van der Waals surface area contributed by atoms with Crippen LogP contribution in [0.25, 0.3) is 11.3 Å². The molecule has 1 aromatic heterocycles. The van der Waals surface area contributed by atoms with Crippen molar-refractivity contribution in [2.45, 2.75) is 39.5 Å². The van der Waals surface area contributed by atoms with Gasteiger partial charge in [0.15, 0.2) is 11.7 Å². The lowest BCUT2D eigenvalue weighted by molar-refractivity contribution is -0.116. The molecular weight excluding hydrogens is 352 g/mol. The Bertz CT molecular complexity index is 896. The fraction of sp³-hybridized carbons (Fsp3) is 0.304. The van der Waals surface area contributed by atoms with Gasteiger partial charge >= 0.3 is 0 Å². The average Bonchev–Trinajstić information content (AvgIpc) is 3.17. The highest BCUT2D eigenvalue weighted by Gasteiger charge is 2.10. The van der Waals surface area contributed by atoms with E-state index in [0.717, 1.165) is 17.0 Å². The normalized spacial score (nSPS) is 10.9. The van der Waals surface area contributed by atoms with Gasteiger partial charge in [-0.15, -0.1) is 0 Å². The zero-order valence-electron chi connectivity index (χ0n) is 16.6. The number of ether oxygens (including phenoxy) is 1. The van der Waals surface area contributed by atoms with Crippen molar-refractivity contribution < 1.29 is 13.9 Å². The van der Waals surface area contributed by atoms with Crippen LogP contribution >= 0.6 is 0 Å². The molecule has 1 heterocycles. The van der Waals surface area contributed by atoms with Crippen LogP contribution in [0.15, 0.2) is 59.1 Å². The Kier molecular flexibility index (Phi) is 6.48. The third-order valence-electron chi connectivity index (χ3n) is 4.43. The highest BCUT2D eigenvalue weighted by Crippen LogP contribution is 2.24. The van der Waals surface area contributed by atoms with Crippen LogP contribution in [-0.2, 0) is 11.2 Å². The first-order chi connectivity index (χ1) is 13.5. The van der Waals surface area contributed by atoms with Gasteiger partial charge in [-0.05, 0) is 54.8 Å². The van der Waals surface area contributed by atoms with E-state index in [2.05, 4.69) is 24.1 Å². The van der Waals surface area contributed by atoms with Crippen molar-refractivity contribution in [2.75, 3.05) is 11.9 Å². The molecule has 1 N–H and O–H groups in total. The van der Waals surface area contributed by atoms with Gasteiger partial charge in [0.1, 0.15) is 5.75 Å². The summed E-state index contributed by atoms with van der Waals surface area (Å²) in [4.78, 5) is 16.5. The van der Waals surface area contributed by atoms with Crippen molar-refractivity contribution >= 4 is 11.6 Å². The molecule has 0 aliphatic heterocycles. The molecule has 0 aliphatic carbocycles. The minimum Gasteiger partial charge on any atom is -0.494 e. The fourth-order valence-electron chi connectivity index (χ4n) is 2.84. The average molecular weight is 378 g/mol. The highest BCUT2D eigenvalue weighted by atomic mass is 16.5. The third kappa shape index (κ3) is 5.22. The molecule has 0 saturated carbocycles. The van der Waals surface area contributed by atoms with Gasteiger partial charge in [-0.25, -0.2) is 4.98 Å². The van der Waals surface area contributed by atoms with E-state index in [-0.39, 0.29) is 5.91 Å². The van der Waals surface area contributed by atoms with Crippen LogP contribution in [0.3, 0.4) is 0 Å². The number of carbonyl (C=O) groups excluding carboxylic acids is 1. The first kappa shape index (κ1) is 19.7. The number of hydrogen-bond acceptors (Lipinski definition) is 4. The highest BCUT2D eigenvalue weighted by molar-refractivity contribution is 5.90. The van der Waals surface area contributed by atoms with Gasteiger partial charge in [0.05, 0.1) is 12.8 Å². The molecule has 28 heavy (non-hydrogen) atoms. The second-order valence-electron chi connectivity index (χ2n) is 6.90. The Balaban J connectivity index is 1.52. The minimum absolute atomic E-state index is 0.0573. The lowest BCUT2D eigenvalue weighted by Crippen LogP contribution is -2.12. The molecule has 5 heteroatoms. The number of aromatic nitrogens is 1. The van der Waals surface area contributed by atoms with Crippen LogP contribution in [0.4, 0.5) is 5.69 Å². The molecule has 5 nitrogen and oxygen atoms in total. The Morgan fingerprint density at radius 3 is 2.46 bits per heavy atom. The summed E-state index contributed by atoms with van der Waals surface area (Å²) in [5.41, 5.74) is 2.98. The SMILES string of the molecule is CCOc1ccc(-c2cnc(CCC(=O)Nc3ccc(C(C)C)cc3)o2)cc1. The van der Waals surface area contributed by atoms with E-state index in [9.17, 15) is 4.79 Å². The van der Waals surface area contributed by atoms with Crippen LogP contribution in [0.1, 0.15) is 44.6 Å². The molecule has 3 aromatic rings. The second-order valence-corrected chi connectivity index (χ2v) is 6.90. The summed E-state index contributed by atoms with van der Waals surface area (Å²) in [7, 11) is 0. The predicted octanol–water partition coefficient (Wildman–Crippen LogP) is 5.44. The molecule has 0 aliphatic rings. The van der Waals surface area contributed by atoms with Crippen LogP contribution < -0.4 is 10.1 Å². The molecule has 0 saturated heterocycles. The van der Waals surface area contributed by atoms with Crippen LogP contribution in [0.5, 0.6) is 5.75 Å². The van der Waals surface area contributed by atoms with E-state index in [1.54, 1.807) is 6.20 Å². The number of benzene rings is 2. The summed E-state index contributed by atoms with van der Waals surface area (Å²) < 4.78 is 11.2. The van der Waals surface area contributed by atoms with Crippen LogP contribution in [-0.4, -0.2) is 17.5 Å². The first-order valence-corrected chi connectivity index (χ1v) is 9.63. The van der Waals surface area contributed by atoms with E-state index in [0.29, 0.717) is 37.0 Å². The summed E-state index contributed by atoms with van der Waals surface area (Å²) in [6, 6.07) is 15.6. The van der Waals surface area contributed by atoms with E-state index in [1.165, 1.54) is 5.56 Å². The molecule has 1 amide bonds. The van der Waals surface area contributed by atoms with Crippen molar-refractivity contribution in [3.8, 4) is 17.1 Å². The molecular formula is C23H26N2O3. The third-order valence-corrected chi connectivity index (χ3v) is 4.43. The predicted molar refractivity (Wildman–Crippen MR) is 111 cm³/mol.